The first-order valence-electron chi connectivity index (χ1n) is 32.9. The molecular formula is C71H123NO8. The summed E-state index contributed by atoms with van der Waals surface area (Å²) in [4.78, 5) is 37.4. The Bertz CT molecular complexity index is 1630. The molecule has 0 amide bonds. The third-order valence-corrected chi connectivity index (χ3v) is 14.1. The number of hydrogen-bond acceptors (Lipinski definition) is 8. The van der Waals surface area contributed by atoms with Gasteiger partial charge >= 0.3 is 11.9 Å². The summed E-state index contributed by atoms with van der Waals surface area (Å²) in [6.07, 6.45) is 80.6. The van der Waals surface area contributed by atoms with Crippen LogP contribution < -0.4 is 5.11 Å². The summed E-state index contributed by atoms with van der Waals surface area (Å²) in [7, 11) is 5.91. The molecule has 0 aromatic heterocycles. The Morgan fingerprint density at radius 2 is 0.713 bits per heavy atom. The molecule has 0 rings (SSSR count). The van der Waals surface area contributed by atoms with Crippen molar-refractivity contribution in [3.63, 3.8) is 0 Å². The SMILES string of the molecule is CC/C=C\C/C=C\C/C=C\C/C=C\C/C=C\C/C=C\C/C=C\C/C=C\CCCCC(=O)OC(COC(=O)CCCCCCCCCCCCCCCCCCCCCCCCCCCCCC)COC(OCC[N+](C)(C)C)C(=O)[O-]. The summed E-state index contributed by atoms with van der Waals surface area (Å²) in [5.41, 5.74) is 0. The quantitative estimate of drug-likeness (QED) is 0.0195. The molecule has 0 radical (unpaired) electrons. The Labute approximate surface area is 492 Å². The van der Waals surface area contributed by atoms with Crippen LogP contribution in [0.15, 0.2) is 97.2 Å². The van der Waals surface area contributed by atoms with Crippen molar-refractivity contribution in [2.75, 3.05) is 47.5 Å². The molecule has 0 bridgehead atoms. The molecule has 80 heavy (non-hydrogen) atoms. The first kappa shape index (κ1) is 76.2. The van der Waals surface area contributed by atoms with Gasteiger partial charge in [0, 0.05) is 12.8 Å². The van der Waals surface area contributed by atoms with Gasteiger partial charge in [-0.25, -0.2) is 0 Å². The Hall–Kier alpha value is -3.79. The van der Waals surface area contributed by atoms with Gasteiger partial charge < -0.3 is 33.3 Å². The van der Waals surface area contributed by atoms with E-state index < -0.39 is 24.3 Å². The second-order valence-corrected chi connectivity index (χ2v) is 23.0. The Kier molecular flexibility index (Phi) is 58.4. The fourth-order valence-corrected chi connectivity index (χ4v) is 9.08. The van der Waals surface area contributed by atoms with Crippen molar-refractivity contribution in [2.45, 2.75) is 289 Å². The molecule has 0 aliphatic rings. The average molecular weight is 1120 g/mol. The molecule has 0 aromatic carbocycles. The fraction of sp³-hybridized carbons (Fsp3) is 0.732. The molecule has 2 unspecified atom stereocenters. The minimum absolute atomic E-state index is 0.135. The van der Waals surface area contributed by atoms with Gasteiger partial charge in [0.2, 0.25) is 0 Å². The van der Waals surface area contributed by atoms with E-state index in [2.05, 4.69) is 111 Å². The smallest absolute Gasteiger partial charge is 0.306 e. The maximum atomic E-state index is 12.9. The highest BCUT2D eigenvalue weighted by atomic mass is 16.7. The zero-order valence-corrected chi connectivity index (χ0v) is 52.4. The summed E-state index contributed by atoms with van der Waals surface area (Å²) in [5, 5.41) is 11.8. The molecule has 0 aliphatic heterocycles. The fourth-order valence-electron chi connectivity index (χ4n) is 9.08. The summed E-state index contributed by atoms with van der Waals surface area (Å²) < 4.78 is 22.7. The molecule has 0 aromatic rings. The molecular weight excluding hydrogens is 995 g/mol. The second kappa shape index (κ2) is 61.3. The van der Waals surface area contributed by atoms with E-state index in [-0.39, 0.29) is 38.6 Å². The van der Waals surface area contributed by atoms with Crippen LogP contribution in [0.3, 0.4) is 0 Å². The molecule has 0 N–H and O–H groups in total. The maximum Gasteiger partial charge on any atom is 0.306 e. The van der Waals surface area contributed by atoms with Crippen molar-refractivity contribution in [3.8, 4) is 0 Å². The highest BCUT2D eigenvalue weighted by molar-refractivity contribution is 5.70. The molecule has 460 valence electrons. The number of quaternary nitrogens is 1. The minimum Gasteiger partial charge on any atom is -0.545 e. The monoisotopic (exact) mass is 1120 g/mol. The summed E-state index contributed by atoms with van der Waals surface area (Å²) in [6, 6.07) is 0. The topological polar surface area (TPSA) is 111 Å². The molecule has 9 nitrogen and oxygen atoms in total. The summed E-state index contributed by atoms with van der Waals surface area (Å²) >= 11 is 0. The van der Waals surface area contributed by atoms with Gasteiger partial charge in [0.15, 0.2) is 12.4 Å². The first-order valence-corrected chi connectivity index (χ1v) is 32.9. The third-order valence-electron chi connectivity index (χ3n) is 14.1. The third kappa shape index (κ3) is 61.8. The zero-order valence-electron chi connectivity index (χ0n) is 52.4. The Morgan fingerprint density at radius 3 is 1.06 bits per heavy atom. The summed E-state index contributed by atoms with van der Waals surface area (Å²) in [6.45, 7) is 4.61. The van der Waals surface area contributed by atoms with Crippen molar-refractivity contribution in [2.24, 2.45) is 0 Å². The molecule has 2 atom stereocenters. The van der Waals surface area contributed by atoms with Gasteiger partial charge in [0.25, 0.3) is 0 Å². The lowest BCUT2D eigenvalue weighted by molar-refractivity contribution is -0.870. The van der Waals surface area contributed by atoms with Gasteiger partial charge in [-0.3, -0.25) is 9.59 Å². The van der Waals surface area contributed by atoms with Gasteiger partial charge in [-0.15, -0.1) is 0 Å². The molecule has 0 aliphatic carbocycles. The Morgan fingerprint density at radius 1 is 0.388 bits per heavy atom. The lowest BCUT2D eigenvalue weighted by atomic mass is 10.0. The van der Waals surface area contributed by atoms with E-state index in [0.29, 0.717) is 17.4 Å². The predicted molar refractivity (Wildman–Crippen MR) is 338 cm³/mol. The number of ether oxygens (including phenoxy) is 4. The first-order chi connectivity index (χ1) is 39.1. The molecule has 0 spiro atoms. The number of carbonyl (C=O) groups is 3. The van der Waals surface area contributed by atoms with Crippen LogP contribution in [0, 0.1) is 0 Å². The van der Waals surface area contributed by atoms with E-state index in [4.69, 9.17) is 18.9 Å². The lowest BCUT2D eigenvalue weighted by Gasteiger charge is -2.26. The number of carboxylic acid groups (broad SMARTS) is 1. The molecule has 0 heterocycles. The molecule has 0 saturated heterocycles. The number of unbranched alkanes of at least 4 members (excludes halogenated alkanes) is 29. The molecule has 0 saturated carbocycles. The number of carboxylic acids is 1. The van der Waals surface area contributed by atoms with Gasteiger partial charge in [-0.2, -0.15) is 0 Å². The van der Waals surface area contributed by atoms with E-state index in [1.807, 2.05) is 21.1 Å². The highest BCUT2D eigenvalue weighted by Crippen LogP contribution is 2.17. The van der Waals surface area contributed by atoms with Crippen molar-refractivity contribution in [1.29, 1.82) is 0 Å². The number of esters is 2. The number of hydrogen-bond donors (Lipinski definition) is 0. The number of aliphatic carboxylic acids is 1. The van der Waals surface area contributed by atoms with Crippen LogP contribution in [0.4, 0.5) is 0 Å². The zero-order chi connectivity index (χ0) is 58.3. The van der Waals surface area contributed by atoms with E-state index in [0.717, 1.165) is 83.5 Å². The largest absolute Gasteiger partial charge is 0.545 e. The van der Waals surface area contributed by atoms with E-state index in [1.54, 1.807) is 0 Å². The van der Waals surface area contributed by atoms with Gasteiger partial charge in [-0.1, -0.05) is 284 Å². The minimum atomic E-state index is -1.64. The average Bonchev–Trinajstić information content (AvgIpc) is 3.43. The number of allylic oxidation sites excluding steroid dienone is 16. The van der Waals surface area contributed by atoms with Crippen LogP contribution in [-0.2, 0) is 33.3 Å². The van der Waals surface area contributed by atoms with Crippen LogP contribution in [0.5, 0.6) is 0 Å². The lowest BCUT2D eigenvalue weighted by Crippen LogP contribution is -2.44. The van der Waals surface area contributed by atoms with E-state index in [1.165, 1.54) is 161 Å². The van der Waals surface area contributed by atoms with Crippen molar-refractivity contribution >= 4 is 17.9 Å². The number of likely N-dealkylation sites (N-methyl/N-ethyl adjacent to an activating group) is 1. The van der Waals surface area contributed by atoms with Gasteiger partial charge in [0.1, 0.15) is 13.2 Å². The Balaban J connectivity index is 4.24. The van der Waals surface area contributed by atoms with Gasteiger partial charge in [-0.05, 0) is 77.0 Å². The van der Waals surface area contributed by atoms with Crippen LogP contribution >= 0.6 is 0 Å². The van der Waals surface area contributed by atoms with Crippen LogP contribution in [-0.4, -0.2) is 82.3 Å². The van der Waals surface area contributed by atoms with Gasteiger partial charge in [0.05, 0.1) is 40.3 Å². The maximum absolute atomic E-state index is 12.9. The van der Waals surface area contributed by atoms with Crippen molar-refractivity contribution in [1.82, 2.24) is 0 Å². The normalized spacial score (nSPS) is 13.4. The molecule has 0 fully saturated rings. The second-order valence-electron chi connectivity index (χ2n) is 23.0. The molecule has 9 heteroatoms. The van der Waals surface area contributed by atoms with Crippen LogP contribution in [0.25, 0.3) is 0 Å². The highest BCUT2D eigenvalue weighted by Gasteiger charge is 2.22. The van der Waals surface area contributed by atoms with Crippen molar-refractivity contribution < 1.29 is 42.9 Å². The standard InChI is InChI=1S/C71H123NO8/c1-6-8-10-12-14-16-18-20-22-24-26-28-30-32-34-36-37-39-41-43-45-47-49-51-53-55-57-59-61-68(73)78-65-67(66-79-71(70(75)76)77-64-63-72(3,4)5)80-69(74)62-60-58-56-54-52-50-48-46-44-42-40-38-35-33-31-29-27-25-23-21-19-17-15-13-11-9-7-2/h9,11,15,17,21,23,27,29,33,35,40,42,46,48,52,54,67,71H,6-8,10,12-14,16,18-20,22,24-26,28,30-32,34,36-39,41,43-45,47,49-51,53,55-66H2,1-5H3/b11-9-,17-15-,23-21-,29-27-,35-33-,42-40-,48-46-,54-52-. The van der Waals surface area contributed by atoms with Crippen LogP contribution in [0.2, 0.25) is 0 Å². The van der Waals surface area contributed by atoms with E-state index >= 15 is 0 Å². The number of rotatable bonds is 60. The number of carbonyl (C=O) groups excluding carboxylic acids is 3. The van der Waals surface area contributed by atoms with Crippen molar-refractivity contribution in [3.05, 3.63) is 97.2 Å². The summed E-state index contributed by atoms with van der Waals surface area (Å²) in [5.74, 6) is -2.34. The van der Waals surface area contributed by atoms with Crippen LogP contribution in [0.1, 0.15) is 277 Å². The predicted octanol–water partition coefficient (Wildman–Crippen LogP) is 18.7. The van der Waals surface area contributed by atoms with E-state index in [9.17, 15) is 19.5 Å². The number of nitrogens with zero attached hydrogens (tertiary/aromatic N) is 1.